The van der Waals surface area contributed by atoms with E-state index in [0.29, 0.717) is 29.7 Å². The van der Waals surface area contributed by atoms with Gasteiger partial charge in [0.1, 0.15) is 23.4 Å². The molecule has 10 nitrogen and oxygen atoms in total. The number of phenols is 1. The van der Waals surface area contributed by atoms with Crippen LogP contribution in [0.4, 0.5) is 10.5 Å². The zero-order valence-electron chi connectivity index (χ0n) is 23.5. The summed E-state index contributed by atoms with van der Waals surface area (Å²) in [5.74, 6) is -1.92. The molecule has 0 aliphatic carbocycles. The number of nitrogens with zero attached hydrogens (tertiary/aromatic N) is 1. The number of unbranched alkanes of at least 4 members (excludes halogenated alkanes) is 1. The number of nitrogens with one attached hydrogen (secondary N) is 2. The monoisotopic (exact) mass is 540 g/mol. The molecule has 10 heteroatoms. The van der Waals surface area contributed by atoms with Crippen molar-refractivity contribution < 1.29 is 29.0 Å². The zero-order valence-corrected chi connectivity index (χ0v) is 23.5. The van der Waals surface area contributed by atoms with Crippen molar-refractivity contribution in [2.24, 2.45) is 5.73 Å². The standard InChI is InChI=1S/C29H40N4O6/c1-7-8-15-33(27(37)22(17-24(30)35)32-28(38)39-29(4,5)6)25(20-13-14-23(34)19(3)16-20)26(36)31-21-12-10-9-11-18(21)2/h9-14,16,22,25,34H,7-8,15,17H2,1-6H3,(H2,30,35)(H,31,36)(H,32,38). The van der Waals surface area contributed by atoms with E-state index in [0.717, 1.165) is 5.56 Å². The Morgan fingerprint density at radius 1 is 1.05 bits per heavy atom. The molecule has 0 radical (unpaired) electrons. The van der Waals surface area contributed by atoms with Crippen LogP contribution in [0, 0.1) is 13.8 Å². The van der Waals surface area contributed by atoms with Gasteiger partial charge in [-0.25, -0.2) is 4.79 Å². The summed E-state index contributed by atoms with van der Waals surface area (Å²) >= 11 is 0. The largest absolute Gasteiger partial charge is 0.508 e. The number of alkyl carbamates (subject to hydrolysis) is 1. The van der Waals surface area contributed by atoms with Gasteiger partial charge in [0.15, 0.2) is 0 Å². The summed E-state index contributed by atoms with van der Waals surface area (Å²) in [6, 6.07) is 9.40. The topological polar surface area (TPSA) is 151 Å². The van der Waals surface area contributed by atoms with E-state index in [1.165, 1.54) is 11.0 Å². The van der Waals surface area contributed by atoms with Crippen LogP contribution in [0.2, 0.25) is 0 Å². The number of phenolic OH excluding ortho intramolecular Hbond substituents is 1. The van der Waals surface area contributed by atoms with Crippen molar-refractivity contribution in [1.29, 1.82) is 0 Å². The Morgan fingerprint density at radius 2 is 1.72 bits per heavy atom. The highest BCUT2D eigenvalue weighted by molar-refractivity contribution is 6.00. The Kier molecular flexibility index (Phi) is 10.9. The number of nitrogens with two attached hydrogens (primary N) is 1. The predicted molar refractivity (Wildman–Crippen MR) is 149 cm³/mol. The molecule has 5 N–H and O–H groups in total. The van der Waals surface area contributed by atoms with Crippen LogP contribution in [0.1, 0.15) is 69.7 Å². The van der Waals surface area contributed by atoms with E-state index in [9.17, 15) is 24.3 Å². The van der Waals surface area contributed by atoms with Crippen LogP contribution in [0.25, 0.3) is 0 Å². The lowest BCUT2D eigenvalue weighted by Crippen LogP contribution is -2.53. The SMILES string of the molecule is CCCCN(C(=O)C(CC(N)=O)NC(=O)OC(C)(C)C)C(C(=O)Nc1ccccc1C)c1ccc(O)c(C)c1. The van der Waals surface area contributed by atoms with Gasteiger partial charge in [0.2, 0.25) is 11.8 Å². The van der Waals surface area contributed by atoms with Gasteiger partial charge in [0.25, 0.3) is 5.91 Å². The number of carbonyl (C=O) groups excluding carboxylic acids is 4. The summed E-state index contributed by atoms with van der Waals surface area (Å²) in [5.41, 5.74) is 6.96. The fourth-order valence-corrected chi connectivity index (χ4v) is 3.98. The molecule has 0 bridgehead atoms. The third-order valence-electron chi connectivity index (χ3n) is 5.93. The van der Waals surface area contributed by atoms with Crippen molar-refractivity contribution in [3.8, 4) is 5.75 Å². The van der Waals surface area contributed by atoms with E-state index >= 15 is 0 Å². The minimum absolute atomic E-state index is 0.0430. The number of hydrogen-bond acceptors (Lipinski definition) is 6. The lowest BCUT2D eigenvalue weighted by Gasteiger charge is -2.34. The molecule has 0 aliphatic rings. The summed E-state index contributed by atoms with van der Waals surface area (Å²) in [7, 11) is 0. The Balaban J connectivity index is 2.58. The van der Waals surface area contributed by atoms with Crippen LogP contribution in [-0.4, -0.2) is 52.0 Å². The maximum Gasteiger partial charge on any atom is 0.408 e. The van der Waals surface area contributed by atoms with Gasteiger partial charge in [-0.05, 0) is 75.9 Å². The third kappa shape index (κ3) is 9.31. The number of aromatic hydroxyl groups is 1. The van der Waals surface area contributed by atoms with E-state index in [2.05, 4.69) is 10.6 Å². The molecule has 0 saturated heterocycles. The maximum atomic E-state index is 14.0. The van der Waals surface area contributed by atoms with Gasteiger partial charge < -0.3 is 31.1 Å². The molecule has 39 heavy (non-hydrogen) atoms. The van der Waals surface area contributed by atoms with Gasteiger partial charge in [-0.1, -0.05) is 37.6 Å². The van der Waals surface area contributed by atoms with Crippen LogP contribution in [0.3, 0.4) is 0 Å². The molecular weight excluding hydrogens is 500 g/mol. The van der Waals surface area contributed by atoms with Crippen molar-refractivity contribution >= 4 is 29.5 Å². The smallest absolute Gasteiger partial charge is 0.408 e. The molecule has 0 fully saturated rings. The zero-order chi connectivity index (χ0) is 29.3. The van der Waals surface area contributed by atoms with Crippen molar-refractivity contribution in [2.45, 2.75) is 78.5 Å². The van der Waals surface area contributed by atoms with Crippen LogP contribution in [0.15, 0.2) is 42.5 Å². The molecule has 4 amide bonds. The van der Waals surface area contributed by atoms with E-state index in [1.54, 1.807) is 52.0 Å². The number of benzene rings is 2. The Morgan fingerprint density at radius 3 is 2.28 bits per heavy atom. The second-order valence-electron chi connectivity index (χ2n) is 10.5. The average Bonchev–Trinajstić information content (AvgIpc) is 2.82. The van der Waals surface area contributed by atoms with Gasteiger partial charge in [0.05, 0.1) is 6.42 Å². The molecule has 0 aliphatic heterocycles. The van der Waals surface area contributed by atoms with Gasteiger partial charge in [0, 0.05) is 12.2 Å². The average molecular weight is 541 g/mol. The van der Waals surface area contributed by atoms with Gasteiger partial charge in [-0.15, -0.1) is 0 Å². The van der Waals surface area contributed by atoms with Crippen LogP contribution in [-0.2, 0) is 19.1 Å². The van der Waals surface area contributed by atoms with Gasteiger partial charge >= 0.3 is 6.09 Å². The van der Waals surface area contributed by atoms with Crippen LogP contribution >= 0.6 is 0 Å². The van der Waals surface area contributed by atoms with E-state index < -0.39 is 47.9 Å². The number of amides is 4. The summed E-state index contributed by atoms with van der Waals surface area (Å²) in [6.07, 6.45) is -0.113. The maximum absolute atomic E-state index is 14.0. The molecule has 2 unspecified atom stereocenters. The fourth-order valence-electron chi connectivity index (χ4n) is 3.98. The first-order chi connectivity index (χ1) is 18.2. The minimum atomic E-state index is -1.36. The number of hydrogen-bond donors (Lipinski definition) is 4. The molecule has 0 heterocycles. The predicted octanol–water partition coefficient (Wildman–Crippen LogP) is 4.09. The number of ether oxygens (including phenoxy) is 1. The van der Waals surface area contributed by atoms with Crippen molar-refractivity contribution in [2.75, 3.05) is 11.9 Å². The van der Waals surface area contributed by atoms with E-state index in [-0.39, 0.29) is 12.3 Å². The molecule has 0 spiro atoms. The first kappa shape index (κ1) is 31.1. The summed E-state index contributed by atoms with van der Waals surface area (Å²) in [4.78, 5) is 53.7. The molecule has 2 atom stereocenters. The number of aryl methyl sites for hydroxylation is 2. The first-order valence-electron chi connectivity index (χ1n) is 13.0. The van der Waals surface area contributed by atoms with Gasteiger partial charge in [-0.2, -0.15) is 0 Å². The number of para-hydroxylation sites is 1. The van der Waals surface area contributed by atoms with Crippen molar-refractivity contribution in [1.82, 2.24) is 10.2 Å². The second-order valence-corrected chi connectivity index (χ2v) is 10.5. The first-order valence-corrected chi connectivity index (χ1v) is 13.0. The quantitative estimate of drug-likeness (QED) is 0.337. The number of anilines is 1. The molecule has 2 rings (SSSR count). The lowest BCUT2D eigenvalue weighted by atomic mass is 9.99. The molecule has 0 aromatic heterocycles. The number of rotatable bonds is 11. The minimum Gasteiger partial charge on any atom is -0.508 e. The van der Waals surface area contributed by atoms with Crippen LogP contribution in [0.5, 0.6) is 5.75 Å². The molecular formula is C29H40N4O6. The highest BCUT2D eigenvalue weighted by atomic mass is 16.6. The number of primary amides is 1. The third-order valence-corrected chi connectivity index (χ3v) is 5.93. The van der Waals surface area contributed by atoms with Gasteiger partial charge in [-0.3, -0.25) is 14.4 Å². The summed E-state index contributed by atoms with van der Waals surface area (Å²) in [5, 5.41) is 15.5. The Labute approximate surface area is 229 Å². The molecule has 0 saturated carbocycles. The Bertz CT molecular complexity index is 1190. The molecule has 212 valence electrons. The molecule has 2 aromatic rings. The fraction of sp³-hybridized carbons (Fsp3) is 0.448. The second kappa shape index (κ2) is 13.6. The summed E-state index contributed by atoms with van der Waals surface area (Å²) < 4.78 is 5.29. The van der Waals surface area contributed by atoms with E-state index in [1.807, 2.05) is 26.0 Å². The van der Waals surface area contributed by atoms with Crippen LogP contribution < -0.4 is 16.4 Å². The lowest BCUT2D eigenvalue weighted by molar-refractivity contribution is -0.142. The normalized spacial score (nSPS) is 12.7. The Hall–Kier alpha value is -4.08. The van der Waals surface area contributed by atoms with Crippen molar-refractivity contribution in [3.63, 3.8) is 0 Å². The highest BCUT2D eigenvalue weighted by Crippen LogP contribution is 2.29. The van der Waals surface area contributed by atoms with Crippen molar-refractivity contribution in [3.05, 3.63) is 59.2 Å². The highest BCUT2D eigenvalue weighted by Gasteiger charge is 2.37. The number of carbonyl (C=O) groups is 4. The summed E-state index contributed by atoms with van der Waals surface area (Å²) in [6.45, 7) is 10.6. The molecule has 2 aromatic carbocycles. The van der Waals surface area contributed by atoms with E-state index in [4.69, 9.17) is 10.5 Å².